The van der Waals surface area contributed by atoms with Crippen molar-refractivity contribution < 1.29 is 0 Å². The summed E-state index contributed by atoms with van der Waals surface area (Å²) in [7, 11) is 2.09. The maximum atomic E-state index is 4.47. The first-order valence-corrected chi connectivity index (χ1v) is 6.32. The summed E-state index contributed by atoms with van der Waals surface area (Å²) >= 11 is 0. The van der Waals surface area contributed by atoms with Crippen LogP contribution >= 0.6 is 0 Å². The van der Waals surface area contributed by atoms with Crippen LogP contribution < -0.4 is 0 Å². The van der Waals surface area contributed by atoms with Gasteiger partial charge in [0, 0.05) is 24.0 Å². The van der Waals surface area contributed by atoms with E-state index in [2.05, 4.69) is 61.6 Å². The molecule has 92 valence electrons. The number of pyridine rings is 1. The lowest BCUT2D eigenvalue weighted by atomic mass is 9.86. The van der Waals surface area contributed by atoms with Crippen molar-refractivity contribution in [1.29, 1.82) is 0 Å². The highest BCUT2D eigenvalue weighted by atomic mass is 15.0. The zero-order valence-corrected chi connectivity index (χ0v) is 11.4. The van der Waals surface area contributed by atoms with Gasteiger partial charge in [-0.25, -0.2) is 4.98 Å². The zero-order valence-electron chi connectivity index (χ0n) is 11.4. The summed E-state index contributed by atoms with van der Waals surface area (Å²) in [6.07, 6.45) is 1.85. The minimum atomic E-state index is 0.179. The number of nitrogens with zero attached hydrogens (tertiary/aromatic N) is 2. The van der Waals surface area contributed by atoms with Gasteiger partial charge in [-0.3, -0.25) is 0 Å². The smallest absolute Gasteiger partial charge is 0.140 e. The van der Waals surface area contributed by atoms with E-state index in [0.29, 0.717) is 0 Å². The van der Waals surface area contributed by atoms with Crippen molar-refractivity contribution in [3.63, 3.8) is 0 Å². The van der Waals surface area contributed by atoms with E-state index >= 15 is 0 Å². The molecule has 0 saturated heterocycles. The Kier molecular flexibility index (Phi) is 2.24. The van der Waals surface area contributed by atoms with Gasteiger partial charge in [0.25, 0.3) is 0 Å². The van der Waals surface area contributed by atoms with E-state index in [4.69, 9.17) is 0 Å². The van der Waals surface area contributed by atoms with E-state index < -0.39 is 0 Å². The van der Waals surface area contributed by atoms with Gasteiger partial charge in [-0.05, 0) is 29.2 Å². The van der Waals surface area contributed by atoms with Crippen LogP contribution in [0.2, 0.25) is 0 Å². The van der Waals surface area contributed by atoms with E-state index in [-0.39, 0.29) is 5.41 Å². The molecule has 2 heterocycles. The molecule has 0 spiro atoms. The first kappa shape index (κ1) is 11.3. The van der Waals surface area contributed by atoms with E-state index in [0.717, 1.165) is 5.65 Å². The lowest BCUT2D eigenvalue weighted by molar-refractivity contribution is 0.591. The van der Waals surface area contributed by atoms with Crippen molar-refractivity contribution in [2.75, 3.05) is 0 Å². The Balaban J connectivity index is 2.42. The molecule has 2 nitrogen and oxygen atoms in total. The number of benzene rings is 1. The third-order valence-corrected chi connectivity index (χ3v) is 3.62. The van der Waals surface area contributed by atoms with Gasteiger partial charge >= 0.3 is 0 Å². The van der Waals surface area contributed by atoms with Crippen LogP contribution in [0.3, 0.4) is 0 Å². The molecule has 0 saturated carbocycles. The van der Waals surface area contributed by atoms with Crippen LogP contribution in [0.5, 0.6) is 0 Å². The summed E-state index contributed by atoms with van der Waals surface area (Å²) in [6, 6.07) is 10.9. The van der Waals surface area contributed by atoms with Crippen LogP contribution in [0.4, 0.5) is 0 Å². The van der Waals surface area contributed by atoms with Crippen molar-refractivity contribution in [3.8, 4) is 0 Å². The summed E-state index contributed by atoms with van der Waals surface area (Å²) < 4.78 is 2.18. The lowest BCUT2D eigenvalue weighted by Gasteiger charge is -2.19. The van der Waals surface area contributed by atoms with Crippen molar-refractivity contribution in [1.82, 2.24) is 9.55 Å². The van der Waals surface area contributed by atoms with Crippen LogP contribution in [0.25, 0.3) is 21.9 Å². The fourth-order valence-corrected chi connectivity index (χ4v) is 2.49. The van der Waals surface area contributed by atoms with Crippen LogP contribution in [0, 0.1) is 0 Å². The number of hydrogen-bond donors (Lipinski definition) is 0. The highest BCUT2D eigenvalue weighted by molar-refractivity contribution is 6.06. The Morgan fingerprint density at radius 2 is 1.83 bits per heavy atom. The van der Waals surface area contributed by atoms with E-state index in [1.165, 1.54) is 21.9 Å². The number of fused-ring (bicyclic) bond motifs is 3. The molecule has 0 fully saturated rings. The topological polar surface area (TPSA) is 17.8 Å². The van der Waals surface area contributed by atoms with E-state index in [1.54, 1.807) is 0 Å². The van der Waals surface area contributed by atoms with Crippen LogP contribution in [0.15, 0.2) is 36.5 Å². The van der Waals surface area contributed by atoms with Gasteiger partial charge in [-0.2, -0.15) is 0 Å². The van der Waals surface area contributed by atoms with Gasteiger partial charge in [-0.15, -0.1) is 0 Å². The van der Waals surface area contributed by atoms with Gasteiger partial charge in [-0.1, -0.05) is 32.9 Å². The minimum absolute atomic E-state index is 0.179. The monoisotopic (exact) mass is 238 g/mol. The van der Waals surface area contributed by atoms with E-state index in [9.17, 15) is 0 Å². The van der Waals surface area contributed by atoms with Gasteiger partial charge in [0.1, 0.15) is 5.65 Å². The van der Waals surface area contributed by atoms with Crippen molar-refractivity contribution in [2.45, 2.75) is 26.2 Å². The Morgan fingerprint density at radius 1 is 1.06 bits per heavy atom. The Bertz CT molecular complexity index is 730. The van der Waals surface area contributed by atoms with Gasteiger partial charge in [0.2, 0.25) is 0 Å². The van der Waals surface area contributed by atoms with Crippen LogP contribution in [-0.4, -0.2) is 9.55 Å². The third-order valence-electron chi connectivity index (χ3n) is 3.62. The Hall–Kier alpha value is -1.83. The minimum Gasteiger partial charge on any atom is -0.328 e. The summed E-state index contributed by atoms with van der Waals surface area (Å²) in [5.74, 6) is 0. The summed E-state index contributed by atoms with van der Waals surface area (Å²) in [6.45, 7) is 6.74. The number of hydrogen-bond acceptors (Lipinski definition) is 1. The molecule has 2 aromatic heterocycles. The second kappa shape index (κ2) is 3.58. The second-order valence-electron chi connectivity index (χ2n) is 5.92. The number of rotatable bonds is 0. The summed E-state index contributed by atoms with van der Waals surface area (Å²) in [4.78, 5) is 4.47. The molecular formula is C16H18N2. The van der Waals surface area contributed by atoms with Crippen molar-refractivity contribution >= 4 is 21.9 Å². The molecular weight excluding hydrogens is 220 g/mol. The number of aromatic nitrogens is 2. The molecule has 0 amide bonds. The highest BCUT2D eigenvalue weighted by Gasteiger charge is 2.16. The molecule has 0 aliphatic carbocycles. The second-order valence-corrected chi connectivity index (χ2v) is 5.92. The highest BCUT2D eigenvalue weighted by Crippen LogP contribution is 2.31. The molecule has 0 atom stereocenters. The predicted molar refractivity (Wildman–Crippen MR) is 76.9 cm³/mol. The fraction of sp³-hybridized carbons (Fsp3) is 0.312. The maximum absolute atomic E-state index is 4.47. The van der Waals surface area contributed by atoms with Crippen molar-refractivity contribution in [3.05, 3.63) is 42.1 Å². The standard InChI is InChI=1S/C16H18N2/c1-16(2,3)11-7-8-12-13-6-5-9-17-15(13)18(4)14(12)10-11/h5-10H,1-4H3. The van der Waals surface area contributed by atoms with Crippen LogP contribution in [-0.2, 0) is 12.5 Å². The quantitative estimate of drug-likeness (QED) is 0.578. The van der Waals surface area contributed by atoms with Gasteiger partial charge < -0.3 is 4.57 Å². The molecule has 18 heavy (non-hydrogen) atoms. The molecule has 0 bridgehead atoms. The average Bonchev–Trinajstić information content (AvgIpc) is 2.63. The van der Waals surface area contributed by atoms with Gasteiger partial charge in [0.15, 0.2) is 0 Å². The van der Waals surface area contributed by atoms with Crippen LogP contribution in [0.1, 0.15) is 26.3 Å². The molecule has 3 rings (SSSR count). The third kappa shape index (κ3) is 1.52. The van der Waals surface area contributed by atoms with Gasteiger partial charge in [0.05, 0.1) is 5.52 Å². The summed E-state index contributed by atoms with van der Waals surface area (Å²) in [5.41, 5.74) is 3.86. The molecule has 2 heteroatoms. The average molecular weight is 238 g/mol. The normalized spacial score (nSPS) is 12.4. The maximum Gasteiger partial charge on any atom is 0.140 e. The SMILES string of the molecule is Cn1c2cc(C(C)(C)C)ccc2c2cccnc21. The molecule has 0 unspecified atom stereocenters. The first-order valence-electron chi connectivity index (χ1n) is 6.32. The van der Waals surface area contributed by atoms with E-state index in [1.807, 2.05) is 12.3 Å². The largest absolute Gasteiger partial charge is 0.328 e. The summed E-state index contributed by atoms with van der Waals surface area (Å²) in [5, 5.41) is 2.52. The zero-order chi connectivity index (χ0) is 12.9. The first-order chi connectivity index (χ1) is 8.48. The lowest BCUT2D eigenvalue weighted by Crippen LogP contribution is -2.10. The molecule has 3 aromatic rings. The van der Waals surface area contributed by atoms with Crippen molar-refractivity contribution in [2.24, 2.45) is 7.05 Å². The number of aryl methyl sites for hydroxylation is 1. The molecule has 0 radical (unpaired) electrons. The molecule has 0 aliphatic rings. The predicted octanol–water partition coefficient (Wildman–Crippen LogP) is 4.02. The fourth-order valence-electron chi connectivity index (χ4n) is 2.49. The molecule has 1 aromatic carbocycles. The molecule has 0 aliphatic heterocycles. The molecule has 0 N–H and O–H groups in total. The Labute approximate surface area is 107 Å². The Morgan fingerprint density at radius 3 is 2.56 bits per heavy atom.